The number of benzene rings is 2. The van der Waals surface area contributed by atoms with Crippen molar-refractivity contribution in [1.82, 2.24) is 15.1 Å². The summed E-state index contributed by atoms with van der Waals surface area (Å²) in [6, 6.07) is 17.5. The van der Waals surface area contributed by atoms with Crippen molar-refractivity contribution in [3.63, 3.8) is 0 Å². The molecule has 1 heterocycles. The number of nitrogens with zero attached hydrogens (tertiary/aromatic N) is 2. The van der Waals surface area contributed by atoms with Gasteiger partial charge in [0.2, 0.25) is 5.91 Å². The van der Waals surface area contributed by atoms with E-state index in [9.17, 15) is 9.59 Å². The maximum atomic E-state index is 12.6. The van der Waals surface area contributed by atoms with E-state index in [0.717, 1.165) is 32.6 Å². The molecule has 0 radical (unpaired) electrons. The molecule has 0 aliphatic carbocycles. The standard InChI is InChI=1S/C23H29N3O3/c1-2-29-21-12-7-6-11-20(21)23(28)24-17-22(27)26-14-8-13-25(15-16-26)18-19-9-4-3-5-10-19/h3-7,9-12H,2,8,13-18H2,1H3,(H,24,28). The van der Waals surface area contributed by atoms with Gasteiger partial charge in [-0.2, -0.15) is 0 Å². The van der Waals surface area contributed by atoms with Crippen molar-refractivity contribution in [2.45, 2.75) is 19.9 Å². The van der Waals surface area contributed by atoms with Crippen molar-refractivity contribution in [1.29, 1.82) is 0 Å². The first-order valence-corrected chi connectivity index (χ1v) is 10.2. The molecule has 0 saturated carbocycles. The summed E-state index contributed by atoms with van der Waals surface area (Å²) in [4.78, 5) is 29.3. The SMILES string of the molecule is CCOc1ccccc1C(=O)NCC(=O)N1CCCN(Cc2ccccc2)CC1. The fourth-order valence-corrected chi connectivity index (χ4v) is 3.52. The number of carbonyl (C=O) groups is 2. The van der Waals surface area contributed by atoms with Gasteiger partial charge in [-0.05, 0) is 31.0 Å². The third kappa shape index (κ3) is 6.06. The molecule has 6 nitrogen and oxygen atoms in total. The average Bonchev–Trinajstić information content (AvgIpc) is 2.99. The van der Waals surface area contributed by atoms with Crippen molar-refractivity contribution >= 4 is 11.8 Å². The topological polar surface area (TPSA) is 61.9 Å². The van der Waals surface area contributed by atoms with Crippen molar-refractivity contribution in [2.24, 2.45) is 0 Å². The van der Waals surface area contributed by atoms with Crippen LogP contribution in [0, 0.1) is 0 Å². The molecule has 0 atom stereocenters. The summed E-state index contributed by atoms with van der Waals surface area (Å²) in [5.41, 5.74) is 1.74. The van der Waals surface area contributed by atoms with Crippen molar-refractivity contribution in [2.75, 3.05) is 39.3 Å². The molecule has 6 heteroatoms. The maximum Gasteiger partial charge on any atom is 0.255 e. The molecule has 3 rings (SSSR count). The summed E-state index contributed by atoms with van der Waals surface area (Å²) in [5, 5.41) is 2.74. The van der Waals surface area contributed by atoms with Gasteiger partial charge in [-0.1, -0.05) is 42.5 Å². The number of para-hydroxylation sites is 1. The average molecular weight is 396 g/mol. The molecule has 1 aliphatic heterocycles. The quantitative estimate of drug-likeness (QED) is 0.783. The van der Waals surface area contributed by atoms with Gasteiger partial charge in [-0.15, -0.1) is 0 Å². The lowest BCUT2D eigenvalue weighted by Gasteiger charge is -2.22. The van der Waals surface area contributed by atoms with Crippen LogP contribution in [0.25, 0.3) is 0 Å². The Kier molecular flexibility index (Phi) is 7.64. The van der Waals surface area contributed by atoms with Crippen molar-refractivity contribution in [3.05, 3.63) is 65.7 Å². The number of carbonyl (C=O) groups excluding carboxylic acids is 2. The van der Waals surface area contributed by atoms with E-state index in [0.29, 0.717) is 24.5 Å². The van der Waals surface area contributed by atoms with E-state index in [1.165, 1.54) is 5.56 Å². The second-order valence-corrected chi connectivity index (χ2v) is 7.11. The number of hydrogen-bond acceptors (Lipinski definition) is 4. The van der Waals surface area contributed by atoms with E-state index in [-0.39, 0.29) is 18.4 Å². The Balaban J connectivity index is 1.49. The van der Waals surface area contributed by atoms with E-state index in [1.807, 2.05) is 24.0 Å². The van der Waals surface area contributed by atoms with Crippen LogP contribution < -0.4 is 10.1 Å². The highest BCUT2D eigenvalue weighted by Gasteiger charge is 2.20. The lowest BCUT2D eigenvalue weighted by Crippen LogP contribution is -2.42. The zero-order valence-electron chi connectivity index (χ0n) is 17.0. The molecule has 0 aromatic heterocycles. The van der Waals surface area contributed by atoms with Crippen LogP contribution in [0.3, 0.4) is 0 Å². The molecule has 2 aromatic rings. The van der Waals surface area contributed by atoms with Crippen LogP contribution in [-0.4, -0.2) is 60.9 Å². The Labute approximate surface area is 172 Å². The molecule has 29 heavy (non-hydrogen) atoms. The zero-order valence-corrected chi connectivity index (χ0v) is 17.0. The molecule has 1 fully saturated rings. The Morgan fingerprint density at radius 1 is 0.966 bits per heavy atom. The number of nitrogens with one attached hydrogen (secondary N) is 1. The predicted molar refractivity (Wildman–Crippen MR) is 113 cm³/mol. The van der Waals surface area contributed by atoms with E-state index >= 15 is 0 Å². The minimum atomic E-state index is -0.289. The highest BCUT2D eigenvalue weighted by Crippen LogP contribution is 2.17. The first kappa shape index (κ1) is 20.9. The number of hydrogen-bond donors (Lipinski definition) is 1. The minimum Gasteiger partial charge on any atom is -0.493 e. The lowest BCUT2D eigenvalue weighted by atomic mass is 10.2. The van der Waals surface area contributed by atoms with Crippen LogP contribution >= 0.6 is 0 Å². The van der Waals surface area contributed by atoms with Crippen molar-refractivity contribution in [3.8, 4) is 5.75 Å². The second-order valence-electron chi connectivity index (χ2n) is 7.11. The number of amides is 2. The molecule has 1 saturated heterocycles. The van der Waals surface area contributed by atoms with Crippen LogP contribution in [0.2, 0.25) is 0 Å². The lowest BCUT2D eigenvalue weighted by molar-refractivity contribution is -0.130. The normalized spacial score (nSPS) is 14.9. The van der Waals surface area contributed by atoms with Crippen LogP contribution in [-0.2, 0) is 11.3 Å². The largest absolute Gasteiger partial charge is 0.493 e. The Morgan fingerprint density at radius 3 is 2.52 bits per heavy atom. The van der Waals surface area contributed by atoms with E-state index in [4.69, 9.17) is 4.74 Å². The molecule has 2 aromatic carbocycles. The molecular formula is C23H29N3O3. The van der Waals surface area contributed by atoms with Gasteiger partial charge in [0, 0.05) is 32.7 Å². The molecule has 0 spiro atoms. The van der Waals surface area contributed by atoms with Gasteiger partial charge in [0.15, 0.2) is 0 Å². The van der Waals surface area contributed by atoms with Crippen LogP contribution in [0.5, 0.6) is 5.75 Å². The van der Waals surface area contributed by atoms with Gasteiger partial charge >= 0.3 is 0 Å². The smallest absolute Gasteiger partial charge is 0.255 e. The zero-order chi connectivity index (χ0) is 20.5. The summed E-state index contributed by atoms with van der Waals surface area (Å²) >= 11 is 0. The van der Waals surface area contributed by atoms with Crippen LogP contribution in [0.15, 0.2) is 54.6 Å². The highest BCUT2D eigenvalue weighted by atomic mass is 16.5. The van der Waals surface area contributed by atoms with Gasteiger partial charge in [-0.25, -0.2) is 0 Å². The first-order chi connectivity index (χ1) is 14.2. The molecule has 1 aliphatic rings. The van der Waals surface area contributed by atoms with Gasteiger partial charge in [0.1, 0.15) is 5.75 Å². The molecule has 2 amide bonds. The summed E-state index contributed by atoms with van der Waals surface area (Å²) in [7, 11) is 0. The fourth-order valence-electron chi connectivity index (χ4n) is 3.52. The van der Waals surface area contributed by atoms with Gasteiger partial charge in [0.25, 0.3) is 5.91 Å². The van der Waals surface area contributed by atoms with E-state index in [2.05, 4.69) is 34.5 Å². The minimum absolute atomic E-state index is 0.00201. The summed E-state index contributed by atoms with van der Waals surface area (Å²) in [5.74, 6) is 0.197. The van der Waals surface area contributed by atoms with Crippen molar-refractivity contribution < 1.29 is 14.3 Å². The fraction of sp³-hybridized carbons (Fsp3) is 0.391. The Hall–Kier alpha value is -2.86. The molecule has 154 valence electrons. The maximum absolute atomic E-state index is 12.6. The summed E-state index contributed by atoms with van der Waals surface area (Å²) in [6.45, 7) is 6.45. The third-order valence-corrected chi connectivity index (χ3v) is 5.02. The summed E-state index contributed by atoms with van der Waals surface area (Å²) in [6.07, 6.45) is 0.930. The van der Waals surface area contributed by atoms with Gasteiger partial charge in [-0.3, -0.25) is 14.5 Å². The highest BCUT2D eigenvalue weighted by molar-refractivity contribution is 5.98. The van der Waals surface area contributed by atoms with Crippen LogP contribution in [0.4, 0.5) is 0 Å². The van der Waals surface area contributed by atoms with E-state index in [1.54, 1.807) is 18.2 Å². The first-order valence-electron chi connectivity index (χ1n) is 10.2. The molecular weight excluding hydrogens is 366 g/mol. The van der Waals surface area contributed by atoms with Gasteiger partial charge < -0.3 is 15.0 Å². The third-order valence-electron chi connectivity index (χ3n) is 5.02. The molecule has 0 unspecified atom stereocenters. The molecule has 0 bridgehead atoms. The van der Waals surface area contributed by atoms with Gasteiger partial charge in [0.05, 0.1) is 18.7 Å². The Morgan fingerprint density at radius 2 is 1.72 bits per heavy atom. The monoisotopic (exact) mass is 395 g/mol. The second kappa shape index (κ2) is 10.6. The predicted octanol–water partition coefficient (Wildman–Crippen LogP) is 2.55. The van der Waals surface area contributed by atoms with Crippen LogP contribution in [0.1, 0.15) is 29.3 Å². The number of ether oxygens (including phenoxy) is 1. The van der Waals surface area contributed by atoms with E-state index < -0.39 is 0 Å². The Bertz CT molecular complexity index is 810. The number of rotatable bonds is 7. The molecule has 1 N–H and O–H groups in total. The summed E-state index contributed by atoms with van der Waals surface area (Å²) < 4.78 is 5.50.